The molecule has 2 amide bonds. The lowest BCUT2D eigenvalue weighted by atomic mass is 10.1. The Labute approximate surface area is 429 Å². The largest absolute Gasteiger partial charge is 0.399 e. The van der Waals surface area contributed by atoms with Gasteiger partial charge in [0, 0.05) is 145 Å². The summed E-state index contributed by atoms with van der Waals surface area (Å²) in [5.41, 5.74) is 10.6. The molecule has 0 radical (unpaired) electrons. The molecule has 0 spiro atoms. The molecule has 0 bridgehead atoms. The molecule has 4 aromatic heterocycles. The van der Waals surface area contributed by atoms with E-state index in [0.29, 0.717) is 28.0 Å². The van der Waals surface area contributed by atoms with Gasteiger partial charge in [-0.25, -0.2) is 15.0 Å². The van der Waals surface area contributed by atoms with E-state index in [9.17, 15) is 23.4 Å². The zero-order valence-electron chi connectivity index (χ0n) is 43.3. The van der Waals surface area contributed by atoms with Crippen molar-refractivity contribution in [1.82, 2.24) is 48.7 Å². The number of nitrogen functional groups attached to an aromatic ring is 1. The van der Waals surface area contributed by atoms with Crippen LogP contribution < -0.4 is 32.0 Å². The predicted octanol–water partition coefficient (Wildman–Crippen LogP) is 5.47. The molecule has 2 aliphatic carbocycles. The van der Waals surface area contributed by atoms with Crippen LogP contribution in [0.1, 0.15) is 84.2 Å². The highest BCUT2D eigenvalue weighted by Crippen LogP contribution is 2.32. The Hall–Kier alpha value is -6.77. The number of benzene rings is 2. The van der Waals surface area contributed by atoms with Gasteiger partial charge in [0.2, 0.25) is 11.1 Å². The molecular formula is C53H70N14O5S. The Morgan fingerprint density at radius 3 is 1.45 bits per heavy atom. The molecule has 10 rings (SSSR count). The van der Waals surface area contributed by atoms with Crippen LogP contribution in [-0.4, -0.2) is 166 Å². The number of amides is 2. The smallest absolute Gasteiger partial charge is 0.265 e. The first-order chi connectivity index (χ1) is 35.1. The zero-order chi connectivity index (χ0) is 51.9. The number of carbonyl (C=O) groups is 2. The van der Waals surface area contributed by atoms with Crippen LogP contribution in [0, 0.1) is 0 Å². The number of nitrogens with zero attached hydrogens (tertiary/aromatic N) is 12. The van der Waals surface area contributed by atoms with E-state index in [0.717, 1.165) is 115 Å². The van der Waals surface area contributed by atoms with E-state index >= 15 is 0 Å². The van der Waals surface area contributed by atoms with Gasteiger partial charge in [-0.05, 0) is 100 Å². The van der Waals surface area contributed by atoms with Gasteiger partial charge in [0.1, 0.15) is 22.4 Å². The van der Waals surface area contributed by atoms with Crippen LogP contribution >= 0.6 is 0 Å². The zero-order valence-corrected chi connectivity index (χ0v) is 44.1. The minimum absolute atomic E-state index is 0.0166. The summed E-state index contributed by atoms with van der Waals surface area (Å²) in [4.78, 5) is 81.5. The highest BCUT2D eigenvalue weighted by molar-refractivity contribution is 7.84. The molecule has 3 N–H and O–H groups in total. The summed E-state index contributed by atoms with van der Waals surface area (Å²) in [6, 6.07) is 19.6. The molecule has 2 aromatic carbocycles. The van der Waals surface area contributed by atoms with Crippen molar-refractivity contribution >= 4 is 73.4 Å². The van der Waals surface area contributed by atoms with Crippen LogP contribution in [0.3, 0.4) is 0 Å². The van der Waals surface area contributed by atoms with E-state index in [1.54, 1.807) is 49.6 Å². The second-order valence-corrected chi connectivity index (χ2v) is 21.2. The van der Waals surface area contributed by atoms with E-state index in [1.165, 1.54) is 39.7 Å². The number of anilines is 5. The number of nitrogens with two attached hydrogens (primary N) is 1. The number of nitrogens with one attached hydrogen (secondary N) is 1. The lowest BCUT2D eigenvalue weighted by molar-refractivity contribution is 0.0818. The number of carbonyl (C=O) groups excluding carboxylic acids is 2. The number of likely N-dealkylation sites (N-methyl/N-ethyl adjacent to an activating group) is 2. The van der Waals surface area contributed by atoms with Gasteiger partial charge in [-0.1, -0.05) is 25.7 Å². The fourth-order valence-corrected chi connectivity index (χ4v) is 10.3. The van der Waals surface area contributed by atoms with E-state index in [1.807, 2.05) is 24.3 Å². The summed E-state index contributed by atoms with van der Waals surface area (Å²) in [5, 5.41) is 4.79. The lowest BCUT2D eigenvalue weighted by Crippen LogP contribution is -2.44. The van der Waals surface area contributed by atoms with Gasteiger partial charge in [0.25, 0.3) is 22.9 Å². The SMILES string of the molecule is CN(C)C(=O)c1cc2cnc(S(C)=O)nc2n(C2CCCC2)c1=O.CN1CCN(c2ccc(N)cc2)CC1.CN1CCN(c2ccc(Nc3ncc4cc(C(=O)N(C)C)c(=O)n(C5CCCC5)c4n3)cc2)CC1. The maximum absolute atomic E-state index is 13.4. The fraction of sp³-hybridized carbons (Fsp3) is 0.472. The van der Waals surface area contributed by atoms with E-state index in [-0.39, 0.29) is 51.3 Å². The minimum Gasteiger partial charge on any atom is -0.399 e. The third kappa shape index (κ3) is 12.4. The first kappa shape index (κ1) is 52.5. The molecule has 2 saturated carbocycles. The topological polar surface area (TPSA) is 204 Å². The molecular weight excluding hydrogens is 945 g/mol. The monoisotopic (exact) mass is 1010 g/mol. The molecule has 73 heavy (non-hydrogen) atoms. The standard InChI is InChI=1S/C26H33N7O2.C16H20N4O3S.C11H17N3/c1-30(2)24(34)22-16-18-17-27-26(29-23(18)33(25(22)35)21-6-4-5-7-21)28-19-8-10-20(11-9-19)32-14-12-31(3)13-15-32;1-19(2)14(21)12-8-10-9-17-16(24(3)23)18-13(10)20(15(12)22)11-6-4-5-7-11;1-13-6-8-14(9-7-13)11-4-2-10(12)3-5-11/h8-11,16-17,21H,4-7,12-15H2,1-3H3,(H,27,28,29);8-9,11H,4-7H2,1-3H3;2-5H,6-9,12H2,1H3. The molecule has 6 heterocycles. The highest BCUT2D eigenvalue weighted by atomic mass is 32.2. The van der Waals surface area contributed by atoms with E-state index in [2.05, 4.69) is 78.2 Å². The number of aromatic nitrogens is 6. The van der Waals surface area contributed by atoms with Crippen molar-refractivity contribution in [1.29, 1.82) is 0 Å². The Kier molecular flexibility index (Phi) is 16.8. The van der Waals surface area contributed by atoms with Crippen LogP contribution in [0.5, 0.6) is 0 Å². The average Bonchev–Trinajstić information content (AvgIpc) is 4.13. The third-order valence-electron chi connectivity index (χ3n) is 14.2. The summed E-state index contributed by atoms with van der Waals surface area (Å²) in [6.07, 6.45) is 12.5. The van der Waals surface area contributed by atoms with Crippen molar-refractivity contribution in [3.05, 3.63) is 105 Å². The molecule has 6 aromatic rings. The third-order valence-corrected chi connectivity index (χ3v) is 14.9. The van der Waals surface area contributed by atoms with Crippen molar-refractivity contribution in [2.45, 2.75) is 68.6 Å². The number of piperazine rings is 2. The first-order valence-corrected chi connectivity index (χ1v) is 26.8. The Morgan fingerprint density at radius 2 is 1.03 bits per heavy atom. The van der Waals surface area contributed by atoms with Crippen molar-refractivity contribution in [2.75, 3.05) is 122 Å². The van der Waals surface area contributed by atoms with Gasteiger partial charge in [0.15, 0.2) is 0 Å². The summed E-state index contributed by atoms with van der Waals surface area (Å²) in [7, 11) is 9.53. The fourth-order valence-electron chi connectivity index (χ4n) is 9.91. The second kappa shape index (κ2) is 23.4. The lowest BCUT2D eigenvalue weighted by Gasteiger charge is -2.34. The normalized spacial score (nSPS) is 17.2. The molecule has 388 valence electrons. The van der Waals surface area contributed by atoms with Crippen molar-refractivity contribution < 1.29 is 13.8 Å². The van der Waals surface area contributed by atoms with Crippen LogP contribution in [-0.2, 0) is 10.8 Å². The number of fused-ring (bicyclic) bond motifs is 2. The predicted molar refractivity (Wildman–Crippen MR) is 291 cm³/mol. The molecule has 1 atom stereocenters. The number of hydrogen-bond acceptors (Lipinski definition) is 15. The van der Waals surface area contributed by atoms with Crippen LogP contribution in [0.15, 0.2) is 87.8 Å². The van der Waals surface area contributed by atoms with Gasteiger partial charge in [-0.15, -0.1) is 0 Å². The molecule has 4 aliphatic rings. The van der Waals surface area contributed by atoms with Crippen molar-refractivity contribution in [2.24, 2.45) is 0 Å². The quantitative estimate of drug-likeness (QED) is 0.136. The van der Waals surface area contributed by atoms with Crippen molar-refractivity contribution in [3.63, 3.8) is 0 Å². The van der Waals surface area contributed by atoms with Gasteiger partial charge < -0.3 is 40.4 Å². The second-order valence-electron chi connectivity index (χ2n) is 19.9. The Morgan fingerprint density at radius 1 is 0.616 bits per heavy atom. The molecule has 2 aliphatic heterocycles. The van der Waals surface area contributed by atoms with Crippen LogP contribution in [0.2, 0.25) is 0 Å². The molecule has 20 heteroatoms. The maximum Gasteiger partial charge on any atom is 0.265 e. The first-order valence-electron chi connectivity index (χ1n) is 25.3. The summed E-state index contributed by atoms with van der Waals surface area (Å²) in [5.74, 6) is -0.203. The molecule has 19 nitrogen and oxygen atoms in total. The van der Waals surface area contributed by atoms with Gasteiger partial charge in [-0.3, -0.25) is 32.5 Å². The number of pyridine rings is 2. The van der Waals surface area contributed by atoms with Gasteiger partial charge >= 0.3 is 0 Å². The highest BCUT2D eigenvalue weighted by Gasteiger charge is 2.27. The number of hydrogen-bond donors (Lipinski definition) is 2. The van der Waals surface area contributed by atoms with Gasteiger partial charge in [0.05, 0.1) is 10.8 Å². The molecule has 4 fully saturated rings. The molecule has 1 unspecified atom stereocenters. The number of rotatable bonds is 9. The average molecular weight is 1020 g/mol. The van der Waals surface area contributed by atoms with Crippen LogP contribution in [0.4, 0.5) is 28.7 Å². The maximum atomic E-state index is 13.4. The van der Waals surface area contributed by atoms with Crippen LogP contribution in [0.25, 0.3) is 22.1 Å². The minimum atomic E-state index is -1.34. The van der Waals surface area contributed by atoms with Gasteiger partial charge in [-0.2, -0.15) is 4.98 Å². The van der Waals surface area contributed by atoms with E-state index < -0.39 is 10.8 Å². The summed E-state index contributed by atoms with van der Waals surface area (Å²) < 4.78 is 15.0. The molecule has 2 saturated heterocycles. The van der Waals surface area contributed by atoms with E-state index in [4.69, 9.17) is 10.7 Å². The summed E-state index contributed by atoms with van der Waals surface area (Å²) >= 11 is 0. The Bertz CT molecular complexity index is 3040. The summed E-state index contributed by atoms with van der Waals surface area (Å²) in [6.45, 7) is 8.68. The van der Waals surface area contributed by atoms with Crippen molar-refractivity contribution in [3.8, 4) is 0 Å². The Balaban J connectivity index is 0.000000161.